The molecule has 0 unspecified atom stereocenters. The lowest BCUT2D eigenvalue weighted by Gasteiger charge is -2.20. The number of hydrogen-bond donors (Lipinski definition) is 1. The van der Waals surface area contributed by atoms with Crippen LogP contribution in [0.25, 0.3) is 0 Å². The topological polar surface area (TPSA) is 70.6 Å². The summed E-state index contributed by atoms with van der Waals surface area (Å²) in [6.45, 7) is 1.07. The normalized spacial score (nSPS) is 13.3. The summed E-state index contributed by atoms with van der Waals surface area (Å²) in [4.78, 5) is 6.38. The molecule has 1 aliphatic rings. The van der Waals surface area contributed by atoms with Crippen molar-refractivity contribution in [3.8, 4) is 0 Å². The van der Waals surface area contributed by atoms with Crippen LogP contribution in [0.2, 0.25) is 0 Å². The molecule has 3 heterocycles. The zero-order valence-corrected chi connectivity index (χ0v) is 12.7. The second-order valence-corrected chi connectivity index (χ2v) is 5.67. The molecule has 122 valence electrons. The summed E-state index contributed by atoms with van der Waals surface area (Å²) in [5.41, 5.74) is 2.76. The summed E-state index contributed by atoms with van der Waals surface area (Å²) < 4.78 is 27.6. The van der Waals surface area contributed by atoms with Crippen molar-refractivity contribution in [2.45, 2.75) is 19.4 Å². The van der Waals surface area contributed by atoms with Gasteiger partial charge in [-0.3, -0.25) is 4.98 Å². The second-order valence-electron chi connectivity index (χ2n) is 5.67. The number of rotatable bonds is 4. The Morgan fingerprint density at radius 2 is 2.00 bits per heavy atom. The smallest absolute Gasteiger partial charge is 0.182 e. The molecule has 0 saturated heterocycles. The quantitative estimate of drug-likeness (QED) is 0.793. The van der Waals surface area contributed by atoms with Crippen molar-refractivity contribution in [2.75, 3.05) is 11.4 Å². The third-order valence-corrected chi connectivity index (χ3v) is 4.07. The van der Waals surface area contributed by atoms with Crippen LogP contribution < -0.4 is 4.90 Å². The Hall–Kier alpha value is -2.90. The number of aromatic nitrogens is 5. The number of tetrazole rings is 1. The number of anilines is 1. The van der Waals surface area contributed by atoms with Crippen LogP contribution in [0.5, 0.6) is 0 Å². The van der Waals surface area contributed by atoms with Crippen LogP contribution >= 0.6 is 0 Å². The highest BCUT2D eigenvalue weighted by Gasteiger charge is 2.25. The first-order chi connectivity index (χ1) is 11.7. The Kier molecular flexibility index (Phi) is 3.64. The molecular weight excluding hydrogens is 314 g/mol. The molecule has 1 aliphatic heterocycles. The molecule has 3 aromatic rings. The maximum atomic E-state index is 14.1. The van der Waals surface area contributed by atoms with Crippen LogP contribution in [0.15, 0.2) is 30.3 Å². The molecule has 1 aromatic carbocycles. The van der Waals surface area contributed by atoms with E-state index >= 15 is 0 Å². The highest BCUT2D eigenvalue weighted by Crippen LogP contribution is 2.33. The SMILES string of the molecule is Fc1ccc2c(c1F)N(Cc1cccc(Cc3nn[nH]n3)n1)CC2. The molecule has 0 fully saturated rings. The Labute approximate surface area is 136 Å². The first-order valence-corrected chi connectivity index (χ1v) is 7.59. The van der Waals surface area contributed by atoms with Gasteiger partial charge in [-0.15, -0.1) is 10.2 Å². The Morgan fingerprint density at radius 3 is 2.83 bits per heavy atom. The number of H-pyrrole nitrogens is 1. The lowest BCUT2D eigenvalue weighted by Crippen LogP contribution is -2.21. The van der Waals surface area contributed by atoms with E-state index in [4.69, 9.17) is 0 Å². The molecular formula is C16H14F2N6. The summed E-state index contributed by atoms with van der Waals surface area (Å²) in [6.07, 6.45) is 1.17. The van der Waals surface area contributed by atoms with E-state index in [1.807, 2.05) is 23.1 Å². The first-order valence-electron chi connectivity index (χ1n) is 7.59. The number of benzene rings is 1. The van der Waals surface area contributed by atoms with E-state index in [1.54, 1.807) is 6.07 Å². The molecule has 1 N–H and O–H groups in total. The first kappa shape index (κ1) is 14.7. The van der Waals surface area contributed by atoms with Crippen molar-refractivity contribution in [2.24, 2.45) is 0 Å². The number of nitrogens with zero attached hydrogens (tertiary/aromatic N) is 5. The summed E-state index contributed by atoms with van der Waals surface area (Å²) in [7, 11) is 0. The lowest BCUT2D eigenvalue weighted by atomic mass is 10.1. The van der Waals surface area contributed by atoms with Gasteiger partial charge in [-0.1, -0.05) is 17.3 Å². The highest BCUT2D eigenvalue weighted by atomic mass is 19.2. The monoisotopic (exact) mass is 328 g/mol. The standard InChI is InChI=1S/C16H14F2N6/c17-13-5-4-10-6-7-24(16(10)15(13)18)9-12-3-1-2-11(19-12)8-14-20-22-23-21-14/h1-5H,6-9H2,(H,20,21,22,23). The van der Waals surface area contributed by atoms with Crippen LogP contribution in [0.4, 0.5) is 14.5 Å². The average molecular weight is 328 g/mol. The fraction of sp³-hybridized carbons (Fsp3) is 0.250. The molecule has 0 spiro atoms. The third kappa shape index (κ3) is 2.70. The van der Waals surface area contributed by atoms with Crippen LogP contribution in [0.3, 0.4) is 0 Å². The zero-order chi connectivity index (χ0) is 16.5. The number of fused-ring (bicyclic) bond motifs is 1. The van der Waals surface area contributed by atoms with Crippen molar-refractivity contribution >= 4 is 5.69 Å². The molecule has 0 atom stereocenters. The van der Waals surface area contributed by atoms with E-state index in [9.17, 15) is 8.78 Å². The molecule has 4 rings (SSSR count). The van der Waals surface area contributed by atoms with Crippen molar-refractivity contribution in [1.29, 1.82) is 0 Å². The van der Waals surface area contributed by atoms with Gasteiger partial charge in [-0.05, 0) is 30.2 Å². The minimum atomic E-state index is -0.820. The van der Waals surface area contributed by atoms with Crippen LogP contribution in [0.1, 0.15) is 22.8 Å². The average Bonchev–Trinajstić information content (AvgIpc) is 3.22. The third-order valence-electron chi connectivity index (χ3n) is 4.07. The summed E-state index contributed by atoms with van der Waals surface area (Å²) >= 11 is 0. The Bertz CT molecular complexity index is 865. The number of aromatic amines is 1. The van der Waals surface area contributed by atoms with Crippen LogP contribution in [0, 0.1) is 11.6 Å². The van der Waals surface area contributed by atoms with E-state index in [2.05, 4.69) is 25.6 Å². The molecule has 8 heteroatoms. The van der Waals surface area contributed by atoms with Gasteiger partial charge in [0.2, 0.25) is 0 Å². The summed E-state index contributed by atoms with van der Waals surface area (Å²) in [6, 6.07) is 8.46. The minimum Gasteiger partial charge on any atom is -0.363 e. The predicted octanol–water partition coefficient (Wildman–Crippen LogP) is 2.03. The molecule has 0 bridgehead atoms. The van der Waals surface area contributed by atoms with Crippen molar-refractivity contribution in [1.82, 2.24) is 25.6 Å². The molecule has 0 aliphatic carbocycles. The van der Waals surface area contributed by atoms with Crippen LogP contribution in [-0.2, 0) is 19.4 Å². The second kappa shape index (κ2) is 5.95. The fourth-order valence-corrected chi connectivity index (χ4v) is 2.98. The largest absolute Gasteiger partial charge is 0.363 e. The number of hydrogen-bond acceptors (Lipinski definition) is 5. The molecule has 0 amide bonds. The maximum absolute atomic E-state index is 14.1. The molecule has 0 saturated carbocycles. The van der Waals surface area contributed by atoms with Gasteiger partial charge in [0.1, 0.15) is 0 Å². The van der Waals surface area contributed by atoms with Gasteiger partial charge in [0.05, 0.1) is 24.3 Å². The predicted molar refractivity (Wildman–Crippen MR) is 82.3 cm³/mol. The van der Waals surface area contributed by atoms with Gasteiger partial charge in [0.15, 0.2) is 17.5 Å². The highest BCUT2D eigenvalue weighted by molar-refractivity contribution is 5.59. The lowest BCUT2D eigenvalue weighted by molar-refractivity contribution is 0.507. The number of nitrogens with one attached hydrogen (secondary N) is 1. The van der Waals surface area contributed by atoms with Gasteiger partial charge in [0.25, 0.3) is 0 Å². The number of pyridine rings is 1. The summed E-state index contributed by atoms with van der Waals surface area (Å²) in [5, 5.41) is 13.7. The molecule has 24 heavy (non-hydrogen) atoms. The van der Waals surface area contributed by atoms with Gasteiger partial charge in [-0.2, -0.15) is 5.21 Å². The minimum absolute atomic E-state index is 0.348. The van der Waals surface area contributed by atoms with E-state index < -0.39 is 11.6 Å². The van der Waals surface area contributed by atoms with Gasteiger partial charge in [-0.25, -0.2) is 8.78 Å². The number of halogens is 2. The Morgan fingerprint density at radius 1 is 1.12 bits per heavy atom. The summed E-state index contributed by atoms with van der Waals surface area (Å²) in [5.74, 6) is -1.05. The van der Waals surface area contributed by atoms with Crippen molar-refractivity contribution < 1.29 is 8.78 Å². The maximum Gasteiger partial charge on any atom is 0.182 e. The van der Waals surface area contributed by atoms with E-state index in [-0.39, 0.29) is 0 Å². The molecule has 6 nitrogen and oxygen atoms in total. The molecule has 0 radical (unpaired) electrons. The Balaban J connectivity index is 1.56. The fourth-order valence-electron chi connectivity index (χ4n) is 2.98. The molecule has 2 aromatic heterocycles. The van der Waals surface area contributed by atoms with Gasteiger partial charge >= 0.3 is 0 Å². The van der Waals surface area contributed by atoms with Gasteiger partial charge < -0.3 is 4.90 Å². The van der Waals surface area contributed by atoms with E-state index in [1.165, 1.54) is 6.07 Å². The van der Waals surface area contributed by atoms with E-state index in [0.717, 1.165) is 17.0 Å². The van der Waals surface area contributed by atoms with Crippen LogP contribution in [-0.4, -0.2) is 32.2 Å². The van der Waals surface area contributed by atoms with Crippen molar-refractivity contribution in [3.63, 3.8) is 0 Å². The van der Waals surface area contributed by atoms with Crippen molar-refractivity contribution in [3.05, 3.63) is 64.7 Å². The van der Waals surface area contributed by atoms with E-state index in [0.29, 0.717) is 37.4 Å². The zero-order valence-electron chi connectivity index (χ0n) is 12.7. The van der Waals surface area contributed by atoms with Gasteiger partial charge in [0, 0.05) is 12.2 Å².